The molecule has 0 saturated heterocycles. The van der Waals surface area contributed by atoms with Crippen LogP contribution in [0.2, 0.25) is 0 Å². The van der Waals surface area contributed by atoms with E-state index in [1.54, 1.807) is 24.3 Å². The van der Waals surface area contributed by atoms with Gasteiger partial charge in [0.2, 0.25) is 0 Å². The lowest BCUT2D eigenvalue weighted by Gasteiger charge is -2.14. The molecule has 0 bridgehead atoms. The Kier molecular flexibility index (Phi) is 8.13. The first-order valence-corrected chi connectivity index (χ1v) is 8.71. The van der Waals surface area contributed by atoms with Gasteiger partial charge in [0, 0.05) is 4.57 Å². The van der Waals surface area contributed by atoms with Crippen LogP contribution < -0.4 is 0 Å². The van der Waals surface area contributed by atoms with E-state index in [4.69, 9.17) is 14.4 Å². The topological polar surface area (TPSA) is 98.0 Å². The van der Waals surface area contributed by atoms with Gasteiger partial charge >= 0.3 is 8.25 Å². The first-order valence-electron chi connectivity index (χ1n) is 7.54. The molecule has 0 aliphatic heterocycles. The summed E-state index contributed by atoms with van der Waals surface area (Å²) in [5, 5.41) is 18.8. The Bertz CT molecular complexity index is 631. The summed E-state index contributed by atoms with van der Waals surface area (Å²) >= 11 is 0. The fraction of sp³-hybridized carbons (Fsp3) is 0.222. The van der Waals surface area contributed by atoms with Gasteiger partial charge in [-0.05, 0) is 59.4 Å². The van der Waals surface area contributed by atoms with Gasteiger partial charge in [0.25, 0.3) is 0 Å². The van der Waals surface area contributed by atoms with E-state index in [1.165, 1.54) is 11.1 Å². The molecular weight excluding hydrogens is 327 g/mol. The molecule has 0 amide bonds. The Morgan fingerprint density at radius 1 is 0.750 bits per heavy atom. The lowest BCUT2D eigenvalue weighted by molar-refractivity contribution is 0.405. The molecule has 2 aromatic carbocycles. The molecule has 0 unspecified atom stereocenters. The Morgan fingerprint density at radius 2 is 1.00 bits per heavy atom. The average Bonchev–Trinajstić information content (AvgIpc) is 2.54. The summed E-state index contributed by atoms with van der Waals surface area (Å²) in [6, 6.07) is 14.7. The normalized spacial score (nSPS) is 11.2. The number of hydrogen-bond donors (Lipinski definition) is 4. The van der Waals surface area contributed by atoms with E-state index in [9.17, 15) is 10.2 Å². The Labute approximate surface area is 142 Å². The van der Waals surface area contributed by atoms with Gasteiger partial charge in [-0.3, -0.25) is 0 Å². The first kappa shape index (κ1) is 19.8. The number of hydrogen-bond acceptors (Lipinski definition) is 3. The van der Waals surface area contributed by atoms with Crippen LogP contribution in [0, 0.1) is 0 Å². The van der Waals surface area contributed by atoms with Crippen molar-refractivity contribution < 1.29 is 24.6 Å². The van der Waals surface area contributed by atoms with Crippen LogP contribution in [0.5, 0.6) is 11.5 Å². The lowest BCUT2D eigenvalue weighted by Crippen LogP contribution is -1.91. The summed E-state index contributed by atoms with van der Waals surface area (Å²) in [5.74, 6) is 0.568. The van der Waals surface area contributed by atoms with Crippen molar-refractivity contribution in [3.05, 3.63) is 59.7 Å². The molecule has 2 aromatic rings. The zero-order valence-corrected chi connectivity index (χ0v) is 14.6. The largest absolute Gasteiger partial charge is 0.692 e. The van der Waals surface area contributed by atoms with E-state index in [1.807, 2.05) is 24.3 Å². The van der Waals surface area contributed by atoms with E-state index in [2.05, 4.69) is 13.8 Å². The third-order valence-corrected chi connectivity index (χ3v) is 3.50. The minimum atomic E-state index is -2.87. The standard InChI is InChI=1S/C18H20O2.HO3P/c1-3-17(13-5-9-15(19)10-6-13)18(4-2)14-7-11-16(20)12-8-14;1-4(2)3/h5-12,19-20H,3-4H2,1-2H3;(H-,1,2,3)/p+1. The predicted molar refractivity (Wildman–Crippen MR) is 95.7 cm³/mol. The van der Waals surface area contributed by atoms with E-state index in [0.717, 1.165) is 24.0 Å². The number of phenols is 2. The molecule has 128 valence electrons. The second kappa shape index (κ2) is 9.83. The summed E-state index contributed by atoms with van der Waals surface area (Å²) in [7, 11) is -2.87. The Hall–Kier alpha value is -2.20. The number of allylic oxidation sites excluding steroid dienone is 2. The van der Waals surface area contributed by atoms with Crippen LogP contribution in [-0.2, 0) is 4.57 Å². The van der Waals surface area contributed by atoms with E-state index in [0.29, 0.717) is 0 Å². The molecule has 0 spiro atoms. The molecule has 0 heterocycles. The van der Waals surface area contributed by atoms with Crippen LogP contribution in [0.25, 0.3) is 11.1 Å². The molecular formula is C18H22O5P+. The number of rotatable bonds is 4. The number of benzene rings is 2. The van der Waals surface area contributed by atoms with Crippen molar-refractivity contribution in [3.8, 4) is 11.5 Å². The second-order valence-corrected chi connectivity index (χ2v) is 5.52. The number of aromatic hydroxyl groups is 2. The third kappa shape index (κ3) is 6.13. The zero-order valence-electron chi connectivity index (χ0n) is 13.7. The summed E-state index contributed by atoms with van der Waals surface area (Å²) in [6.07, 6.45) is 1.85. The predicted octanol–water partition coefficient (Wildman–Crippen LogP) is 4.46. The number of phenolic OH excluding ortho intramolecular Hbond substituents is 2. The minimum Gasteiger partial charge on any atom is -0.508 e. The van der Waals surface area contributed by atoms with Crippen LogP contribution in [0.4, 0.5) is 0 Å². The van der Waals surface area contributed by atoms with Crippen LogP contribution in [-0.4, -0.2) is 20.0 Å². The van der Waals surface area contributed by atoms with Gasteiger partial charge in [-0.1, -0.05) is 38.1 Å². The van der Waals surface area contributed by atoms with Gasteiger partial charge in [-0.15, -0.1) is 9.79 Å². The highest BCUT2D eigenvalue weighted by Gasteiger charge is 2.09. The summed E-state index contributed by atoms with van der Waals surface area (Å²) in [6.45, 7) is 4.27. The van der Waals surface area contributed by atoms with Gasteiger partial charge in [0.1, 0.15) is 11.5 Å². The summed E-state index contributed by atoms with van der Waals surface area (Å²) in [5.41, 5.74) is 4.82. The van der Waals surface area contributed by atoms with Gasteiger partial charge in [0.15, 0.2) is 0 Å². The van der Waals surface area contributed by atoms with E-state index >= 15 is 0 Å². The molecule has 0 atom stereocenters. The lowest BCUT2D eigenvalue weighted by atomic mass is 9.91. The fourth-order valence-electron chi connectivity index (χ4n) is 2.51. The monoisotopic (exact) mass is 349 g/mol. The van der Waals surface area contributed by atoms with Crippen LogP contribution in [0.1, 0.15) is 37.8 Å². The molecule has 0 aromatic heterocycles. The van der Waals surface area contributed by atoms with E-state index in [-0.39, 0.29) is 11.5 Å². The maximum absolute atomic E-state index is 9.41. The quantitative estimate of drug-likeness (QED) is 0.483. The molecule has 24 heavy (non-hydrogen) atoms. The highest BCUT2D eigenvalue weighted by atomic mass is 31.1. The summed E-state index contributed by atoms with van der Waals surface area (Å²) < 4.78 is 8.70. The van der Waals surface area contributed by atoms with Crippen LogP contribution >= 0.6 is 8.25 Å². The molecule has 0 aliphatic carbocycles. The third-order valence-electron chi connectivity index (χ3n) is 3.50. The maximum Gasteiger partial charge on any atom is 0.692 e. The SMILES string of the molecule is CCC(=C(CC)c1ccc(O)cc1)c1ccc(O)cc1.O=[P+](O)O. The fourth-order valence-corrected chi connectivity index (χ4v) is 2.51. The average molecular weight is 349 g/mol. The second-order valence-electron chi connectivity index (χ2n) is 5.01. The molecule has 0 aliphatic rings. The smallest absolute Gasteiger partial charge is 0.508 e. The van der Waals surface area contributed by atoms with Gasteiger partial charge in [0.05, 0.1) is 0 Å². The molecule has 2 rings (SSSR count). The van der Waals surface area contributed by atoms with Crippen molar-refractivity contribution in [2.75, 3.05) is 0 Å². The highest BCUT2D eigenvalue weighted by molar-refractivity contribution is 7.30. The Balaban J connectivity index is 0.000000648. The van der Waals surface area contributed by atoms with Crippen molar-refractivity contribution >= 4 is 19.4 Å². The molecule has 0 radical (unpaired) electrons. The van der Waals surface area contributed by atoms with Crippen molar-refractivity contribution in [1.82, 2.24) is 0 Å². The summed E-state index contributed by atoms with van der Waals surface area (Å²) in [4.78, 5) is 14.2. The molecule has 0 fully saturated rings. The van der Waals surface area contributed by atoms with Gasteiger partial charge in [-0.2, -0.15) is 0 Å². The molecule has 6 heteroatoms. The van der Waals surface area contributed by atoms with E-state index < -0.39 is 8.25 Å². The highest BCUT2D eigenvalue weighted by Crippen LogP contribution is 2.32. The molecule has 4 N–H and O–H groups in total. The van der Waals surface area contributed by atoms with Gasteiger partial charge in [-0.25, -0.2) is 0 Å². The first-order chi connectivity index (χ1) is 11.4. The molecule has 5 nitrogen and oxygen atoms in total. The van der Waals surface area contributed by atoms with Crippen molar-refractivity contribution in [1.29, 1.82) is 0 Å². The van der Waals surface area contributed by atoms with Crippen molar-refractivity contribution in [2.45, 2.75) is 26.7 Å². The van der Waals surface area contributed by atoms with Crippen LogP contribution in [0.15, 0.2) is 48.5 Å². The van der Waals surface area contributed by atoms with Crippen molar-refractivity contribution in [2.24, 2.45) is 0 Å². The Morgan fingerprint density at radius 3 is 1.21 bits per heavy atom. The minimum absolute atomic E-state index is 0.284. The maximum atomic E-state index is 9.41. The van der Waals surface area contributed by atoms with Gasteiger partial charge < -0.3 is 10.2 Å². The molecule has 0 saturated carbocycles. The van der Waals surface area contributed by atoms with Crippen LogP contribution in [0.3, 0.4) is 0 Å². The van der Waals surface area contributed by atoms with Crippen molar-refractivity contribution in [3.63, 3.8) is 0 Å². The zero-order chi connectivity index (χ0) is 18.1.